The summed E-state index contributed by atoms with van der Waals surface area (Å²) in [5.41, 5.74) is 5.54. The number of benzene rings is 2. The highest BCUT2D eigenvalue weighted by molar-refractivity contribution is 7.98. The van der Waals surface area contributed by atoms with E-state index in [9.17, 15) is 4.79 Å². The quantitative estimate of drug-likeness (QED) is 0.284. The van der Waals surface area contributed by atoms with Gasteiger partial charge < -0.3 is 10.3 Å². The van der Waals surface area contributed by atoms with Crippen molar-refractivity contribution in [2.24, 2.45) is 0 Å². The van der Waals surface area contributed by atoms with Crippen LogP contribution in [0, 0.1) is 13.8 Å². The Morgan fingerprint density at radius 1 is 1.10 bits per heavy atom. The molecule has 6 nitrogen and oxygen atoms in total. The fraction of sp³-hybridized carbons (Fsp3) is 0.261. The molecule has 2 aromatic carbocycles. The topological polar surface area (TPSA) is 86.9 Å². The highest BCUT2D eigenvalue weighted by Gasteiger charge is 2.16. The Balaban J connectivity index is 1.68. The molecule has 0 bridgehead atoms. The molecule has 154 valence electrons. The van der Waals surface area contributed by atoms with E-state index in [4.69, 9.17) is 10.3 Å². The van der Waals surface area contributed by atoms with Gasteiger partial charge in [-0.3, -0.25) is 0 Å². The second kappa shape index (κ2) is 7.99. The van der Waals surface area contributed by atoms with E-state index in [0.717, 1.165) is 27.6 Å². The molecule has 0 saturated heterocycles. The van der Waals surface area contributed by atoms with Gasteiger partial charge in [-0.15, -0.1) is 10.2 Å². The Morgan fingerprint density at radius 3 is 2.60 bits per heavy atom. The first-order valence-electron chi connectivity index (χ1n) is 9.81. The summed E-state index contributed by atoms with van der Waals surface area (Å²) in [7, 11) is 0. The minimum Gasteiger partial charge on any atom is -0.423 e. The van der Waals surface area contributed by atoms with Gasteiger partial charge in [0.1, 0.15) is 5.58 Å². The van der Waals surface area contributed by atoms with Crippen LogP contribution < -0.4 is 11.5 Å². The summed E-state index contributed by atoms with van der Waals surface area (Å²) < 4.78 is 6.95. The Labute approximate surface area is 179 Å². The van der Waals surface area contributed by atoms with Crippen LogP contribution in [0.1, 0.15) is 42.0 Å². The maximum Gasteiger partial charge on any atom is 0.336 e. The normalized spacial score (nSPS) is 11.5. The number of nitrogen functional groups attached to an aromatic ring is 1. The van der Waals surface area contributed by atoms with Gasteiger partial charge in [0.2, 0.25) is 5.16 Å². The summed E-state index contributed by atoms with van der Waals surface area (Å²) in [6.45, 7) is 8.37. The molecule has 4 aromatic rings. The second-order valence-corrected chi connectivity index (χ2v) is 8.67. The molecule has 30 heavy (non-hydrogen) atoms. The van der Waals surface area contributed by atoms with Crippen molar-refractivity contribution in [3.63, 3.8) is 0 Å². The molecule has 0 unspecified atom stereocenters. The molecule has 2 N–H and O–H groups in total. The number of aryl methyl sites for hydroxylation is 2. The predicted molar refractivity (Wildman–Crippen MR) is 121 cm³/mol. The van der Waals surface area contributed by atoms with Gasteiger partial charge in [0.05, 0.1) is 0 Å². The van der Waals surface area contributed by atoms with E-state index in [2.05, 4.69) is 30.1 Å². The fourth-order valence-electron chi connectivity index (χ4n) is 3.66. The Bertz CT molecular complexity index is 1290. The lowest BCUT2D eigenvalue weighted by molar-refractivity contribution is 0.559. The number of nitrogens with two attached hydrogens (primary N) is 1. The summed E-state index contributed by atoms with van der Waals surface area (Å²) in [4.78, 5) is 12.1. The first-order chi connectivity index (χ1) is 14.3. The lowest BCUT2D eigenvalue weighted by atomic mass is 9.95. The predicted octanol–water partition coefficient (Wildman–Crippen LogP) is 4.80. The van der Waals surface area contributed by atoms with Gasteiger partial charge >= 0.3 is 5.63 Å². The highest BCUT2D eigenvalue weighted by Crippen LogP contribution is 2.31. The molecular weight excluding hydrogens is 396 g/mol. The standard InChI is InChI=1S/C23H24N4O2S/c1-13(2)18-11-19-16(10-21(28)29-20(19)9-15(18)4)12-30-23-26-25-22(27(23)24)17-8-6-5-7-14(17)3/h5-11,13H,12,24H2,1-4H3. The highest BCUT2D eigenvalue weighted by atomic mass is 32.2. The van der Waals surface area contributed by atoms with Gasteiger partial charge in [-0.2, -0.15) is 0 Å². The van der Waals surface area contributed by atoms with Gasteiger partial charge in [-0.1, -0.05) is 49.9 Å². The summed E-state index contributed by atoms with van der Waals surface area (Å²) >= 11 is 1.45. The summed E-state index contributed by atoms with van der Waals surface area (Å²) in [6.07, 6.45) is 0. The number of hydrogen-bond donors (Lipinski definition) is 1. The molecule has 2 aromatic heterocycles. The molecule has 0 fully saturated rings. The van der Waals surface area contributed by atoms with Crippen molar-refractivity contribution in [1.82, 2.24) is 14.9 Å². The fourth-order valence-corrected chi connectivity index (χ4v) is 4.51. The summed E-state index contributed by atoms with van der Waals surface area (Å²) in [5, 5.41) is 10.1. The molecular formula is C23H24N4O2S. The minimum atomic E-state index is -0.357. The number of rotatable bonds is 5. The van der Waals surface area contributed by atoms with Crippen molar-refractivity contribution in [3.8, 4) is 11.4 Å². The molecule has 0 aliphatic heterocycles. The van der Waals surface area contributed by atoms with Gasteiger partial charge in [0.15, 0.2) is 5.82 Å². The van der Waals surface area contributed by atoms with Crippen LogP contribution in [0.2, 0.25) is 0 Å². The Hall–Kier alpha value is -3.06. The third-order valence-corrected chi connectivity index (χ3v) is 6.24. The smallest absolute Gasteiger partial charge is 0.336 e. The monoisotopic (exact) mass is 420 g/mol. The molecule has 0 radical (unpaired) electrons. The van der Waals surface area contributed by atoms with Crippen molar-refractivity contribution in [2.75, 3.05) is 5.84 Å². The second-order valence-electron chi connectivity index (χ2n) is 7.73. The largest absolute Gasteiger partial charge is 0.423 e. The number of hydrogen-bond acceptors (Lipinski definition) is 6. The maximum absolute atomic E-state index is 12.1. The molecule has 0 amide bonds. The van der Waals surface area contributed by atoms with Crippen molar-refractivity contribution in [2.45, 2.75) is 44.5 Å². The first-order valence-corrected chi connectivity index (χ1v) is 10.8. The zero-order valence-corrected chi connectivity index (χ0v) is 18.3. The van der Waals surface area contributed by atoms with E-state index in [-0.39, 0.29) is 5.63 Å². The van der Waals surface area contributed by atoms with Crippen molar-refractivity contribution in [3.05, 3.63) is 75.1 Å². The molecule has 0 spiro atoms. The average molecular weight is 421 g/mol. The zero-order valence-electron chi connectivity index (χ0n) is 17.5. The molecule has 0 aliphatic carbocycles. The van der Waals surface area contributed by atoms with E-state index < -0.39 is 0 Å². The van der Waals surface area contributed by atoms with Gasteiger partial charge in [-0.25, -0.2) is 9.47 Å². The van der Waals surface area contributed by atoms with Crippen LogP contribution in [-0.4, -0.2) is 14.9 Å². The van der Waals surface area contributed by atoms with Crippen LogP contribution >= 0.6 is 11.8 Å². The van der Waals surface area contributed by atoms with Gasteiger partial charge in [0.25, 0.3) is 0 Å². The zero-order chi connectivity index (χ0) is 21.4. The Kier molecular flexibility index (Phi) is 5.39. The number of nitrogens with zero attached hydrogens (tertiary/aromatic N) is 3. The summed E-state index contributed by atoms with van der Waals surface area (Å²) in [6, 6.07) is 13.5. The third kappa shape index (κ3) is 3.73. The van der Waals surface area contributed by atoms with Gasteiger partial charge in [-0.05, 0) is 54.2 Å². The van der Waals surface area contributed by atoms with Crippen molar-refractivity contribution in [1.29, 1.82) is 0 Å². The van der Waals surface area contributed by atoms with Crippen molar-refractivity contribution >= 4 is 22.7 Å². The van der Waals surface area contributed by atoms with Crippen LogP contribution in [-0.2, 0) is 5.75 Å². The van der Waals surface area contributed by atoms with E-state index in [0.29, 0.717) is 28.2 Å². The van der Waals surface area contributed by atoms with Crippen LogP contribution in [0.5, 0.6) is 0 Å². The number of fused-ring (bicyclic) bond motifs is 1. The lowest BCUT2D eigenvalue weighted by Crippen LogP contribution is -2.12. The van der Waals surface area contributed by atoms with E-state index in [1.54, 1.807) is 6.07 Å². The Morgan fingerprint density at radius 2 is 1.87 bits per heavy atom. The van der Waals surface area contributed by atoms with Crippen molar-refractivity contribution < 1.29 is 4.42 Å². The minimum absolute atomic E-state index is 0.357. The van der Waals surface area contributed by atoms with Crippen LogP contribution in [0.15, 0.2) is 56.8 Å². The SMILES string of the molecule is Cc1ccccc1-c1nnc(SCc2cc(=O)oc3cc(C)c(C(C)C)cc23)n1N. The summed E-state index contributed by atoms with van der Waals surface area (Å²) in [5.74, 6) is 7.82. The molecule has 0 saturated carbocycles. The average Bonchev–Trinajstić information content (AvgIpc) is 3.06. The van der Waals surface area contributed by atoms with E-state index in [1.807, 2.05) is 44.2 Å². The third-order valence-electron chi connectivity index (χ3n) is 5.25. The van der Waals surface area contributed by atoms with E-state index >= 15 is 0 Å². The molecule has 7 heteroatoms. The van der Waals surface area contributed by atoms with Crippen LogP contribution in [0.3, 0.4) is 0 Å². The van der Waals surface area contributed by atoms with Crippen LogP contribution in [0.4, 0.5) is 0 Å². The number of thioether (sulfide) groups is 1. The maximum atomic E-state index is 12.1. The lowest BCUT2D eigenvalue weighted by Gasteiger charge is -2.13. The molecule has 0 aliphatic rings. The van der Waals surface area contributed by atoms with E-state index in [1.165, 1.54) is 22.0 Å². The van der Waals surface area contributed by atoms with Crippen LogP contribution in [0.25, 0.3) is 22.4 Å². The van der Waals surface area contributed by atoms with Gasteiger partial charge in [0, 0.05) is 22.8 Å². The number of aromatic nitrogens is 3. The molecule has 0 atom stereocenters. The molecule has 4 rings (SSSR count). The molecule has 2 heterocycles. The first kappa shape index (κ1) is 20.2.